The fourth-order valence-corrected chi connectivity index (χ4v) is 13.0. The number of nitrogens with one attached hydrogen (secondary N) is 1. The Labute approximate surface area is 557 Å². The molecule has 2 unspecified atom stereocenters. The average Bonchev–Trinajstić information content (AvgIpc) is 3.57. The number of aliphatic hydroxyl groups is 2. The Morgan fingerprint density at radius 2 is 0.562 bits per heavy atom. The van der Waals surface area contributed by atoms with Crippen LogP contribution in [0.4, 0.5) is 0 Å². The molecule has 0 saturated carbocycles. The van der Waals surface area contributed by atoms with E-state index in [1.54, 1.807) is 0 Å². The molecule has 3 N–H and O–H groups in total. The predicted molar refractivity (Wildman–Crippen MR) is 393 cm³/mol. The molecule has 6 nitrogen and oxygen atoms in total. The summed E-state index contributed by atoms with van der Waals surface area (Å²) in [5.41, 5.74) is 0. The summed E-state index contributed by atoms with van der Waals surface area (Å²) in [5.74, 6) is -0.0112. The third-order valence-corrected chi connectivity index (χ3v) is 19.2. The third-order valence-electron chi connectivity index (χ3n) is 19.2. The Balaban J connectivity index is 3.34. The predicted octanol–water partition coefficient (Wildman–Crippen LogP) is 27.0. The molecule has 0 saturated heterocycles. The quantitative estimate of drug-likeness (QED) is 0.0320. The van der Waals surface area contributed by atoms with Crippen molar-refractivity contribution >= 4 is 11.9 Å². The number of aliphatic hydroxyl groups excluding tert-OH is 2. The maximum Gasteiger partial charge on any atom is 0.305 e. The van der Waals surface area contributed by atoms with E-state index in [-0.39, 0.29) is 18.5 Å². The number of unbranched alkanes of at least 4 members (excludes halogenated alkanes) is 60. The lowest BCUT2D eigenvalue weighted by Crippen LogP contribution is -2.45. The smallest absolute Gasteiger partial charge is 0.305 e. The van der Waals surface area contributed by atoms with Gasteiger partial charge in [-0.1, -0.05) is 397 Å². The van der Waals surface area contributed by atoms with Crippen LogP contribution in [0, 0.1) is 0 Å². The summed E-state index contributed by atoms with van der Waals surface area (Å²) in [6, 6.07) is -0.540. The highest BCUT2D eigenvalue weighted by molar-refractivity contribution is 5.76. The molecule has 0 aliphatic heterocycles. The number of hydrogen-bond acceptors (Lipinski definition) is 5. The van der Waals surface area contributed by atoms with Gasteiger partial charge in [0, 0.05) is 12.8 Å². The van der Waals surface area contributed by atoms with Gasteiger partial charge < -0.3 is 20.3 Å². The first-order valence-electron chi connectivity index (χ1n) is 40.7. The molecule has 0 aliphatic carbocycles. The fourth-order valence-electron chi connectivity index (χ4n) is 13.0. The number of carbonyl (C=O) groups excluding carboxylic acids is 2. The van der Waals surface area contributed by atoms with Crippen LogP contribution in [-0.2, 0) is 14.3 Å². The maximum absolute atomic E-state index is 12.6. The first-order valence-corrected chi connectivity index (χ1v) is 40.7. The highest BCUT2D eigenvalue weighted by Crippen LogP contribution is 2.20. The van der Waals surface area contributed by atoms with E-state index in [0.29, 0.717) is 25.9 Å². The first-order chi connectivity index (χ1) is 44.0. The molecule has 0 aromatic rings. The average molecular weight is 1250 g/mol. The molecule has 0 heterocycles. The summed E-state index contributed by atoms with van der Waals surface area (Å²) < 4.78 is 5.51. The van der Waals surface area contributed by atoms with E-state index < -0.39 is 12.1 Å². The monoisotopic (exact) mass is 1250 g/mol. The minimum atomic E-state index is -0.663. The molecule has 0 aliphatic rings. The lowest BCUT2D eigenvalue weighted by molar-refractivity contribution is -0.143. The van der Waals surface area contributed by atoms with E-state index >= 15 is 0 Å². The number of amides is 1. The van der Waals surface area contributed by atoms with Gasteiger partial charge in [-0.05, 0) is 83.5 Å². The van der Waals surface area contributed by atoms with Crippen LogP contribution in [-0.4, -0.2) is 47.4 Å². The SMILES string of the molecule is CCCCC/C=C\C/C=C\CCCCCCCCCCCC(=O)OCCCCCCCCCCCCCC/C=C\CCCCCCCCCCCCCCCCCCCC(=O)NC(CO)C(O)CCCCCCCCCCCCCCCCCCCCCC. The van der Waals surface area contributed by atoms with Crippen molar-refractivity contribution in [2.75, 3.05) is 13.2 Å². The van der Waals surface area contributed by atoms with Crippen molar-refractivity contribution < 1.29 is 24.5 Å². The van der Waals surface area contributed by atoms with E-state index in [9.17, 15) is 19.8 Å². The number of ether oxygens (including phenoxy) is 1. The van der Waals surface area contributed by atoms with Crippen LogP contribution in [0.25, 0.3) is 0 Å². The molecule has 0 rings (SSSR count). The number of allylic oxidation sites excluding steroid dienone is 6. The summed E-state index contributed by atoms with van der Waals surface area (Å²) in [6.45, 7) is 4.98. The van der Waals surface area contributed by atoms with Crippen molar-refractivity contribution in [3.05, 3.63) is 36.5 Å². The Bertz CT molecular complexity index is 1440. The fraction of sp³-hybridized carbons (Fsp3) is 0.904. The Morgan fingerprint density at radius 1 is 0.315 bits per heavy atom. The molecule has 0 aromatic carbocycles. The van der Waals surface area contributed by atoms with Crippen LogP contribution in [0.2, 0.25) is 0 Å². The van der Waals surface area contributed by atoms with E-state index in [0.717, 1.165) is 51.4 Å². The molecular formula is C83H159NO5. The summed E-state index contributed by atoms with van der Waals surface area (Å²) in [4.78, 5) is 24.7. The summed E-state index contributed by atoms with van der Waals surface area (Å²) >= 11 is 0. The number of esters is 1. The van der Waals surface area contributed by atoms with Gasteiger partial charge in [0.25, 0.3) is 0 Å². The molecule has 2 atom stereocenters. The van der Waals surface area contributed by atoms with E-state index in [2.05, 4.69) is 55.6 Å². The van der Waals surface area contributed by atoms with Gasteiger partial charge in [-0.3, -0.25) is 9.59 Å². The Morgan fingerprint density at radius 3 is 0.888 bits per heavy atom. The van der Waals surface area contributed by atoms with Gasteiger partial charge in [0.05, 0.1) is 25.4 Å². The molecule has 89 heavy (non-hydrogen) atoms. The van der Waals surface area contributed by atoms with Crippen LogP contribution < -0.4 is 5.32 Å². The third kappa shape index (κ3) is 75.0. The van der Waals surface area contributed by atoms with Gasteiger partial charge in [0.15, 0.2) is 0 Å². The second-order valence-electron chi connectivity index (χ2n) is 28.1. The largest absolute Gasteiger partial charge is 0.466 e. The summed E-state index contributed by atoms with van der Waals surface area (Å²) in [6.07, 6.45) is 102. The highest BCUT2D eigenvalue weighted by atomic mass is 16.5. The van der Waals surface area contributed by atoms with Crippen molar-refractivity contribution in [1.82, 2.24) is 5.32 Å². The zero-order valence-electron chi connectivity index (χ0n) is 60.4. The molecule has 0 bridgehead atoms. The zero-order chi connectivity index (χ0) is 64.2. The lowest BCUT2D eigenvalue weighted by atomic mass is 10.0. The Hall–Kier alpha value is -1.92. The molecule has 0 aromatic heterocycles. The standard InChI is InChI=1S/C83H159NO5/c1-3-5-7-9-11-13-15-17-19-21-23-40-43-47-51-55-59-63-67-71-75-81(86)80(79-85)84-82(87)76-72-68-64-60-56-52-48-44-41-37-35-33-31-29-27-25-24-26-28-30-32-34-36-38-42-46-50-54-58-62-66-70-74-78-89-83(88)77-73-69-65-61-57-53-49-45-39-22-20-18-16-14-12-10-8-6-4-2/h12,14,18,20,28,30,80-81,85-86H,3-11,13,15-17,19,21-27,29,31-79H2,1-2H3,(H,84,87)/b14-12-,20-18-,30-28-. The molecule has 6 heteroatoms. The van der Waals surface area contributed by atoms with Gasteiger partial charge in [-0.2, -0.15) is 0 Å². The lowest BCUT2D eigenvalue weighted by Gasteiger charge is -2.22. The van der Waals surface area contributed by atoms with Crippen LogP contribution in [0.5, 0.6) is 0 Å². The molecule has 526 valence electrons. The van der Waals surface area contributed by atoms with Crippen molar-refractivity contribution in [3.8, 4) is 0 Å². The number of carbonyl (C=O) groups is 2. The first kappa shape index (κ1) is 87.1. The van der Waals surface area contributed by atoms with Crippen LogP contribution >= 0.6 is 0 Å². The molecule has 0 radical (unpaired) electrons. The molecule has 1 amide bonds. The van der Waals surface area contributed by atoms with Gasteiger partial charge in [-0.25, -0.2) is 0 Å². The minimum Gasteiger partial charge on any atom is -0.466 e. The van der Waals surface area contributed by atoms with Gasteiger partial charge in [-0.15, -0.1) is 0 Å². The highest BCUT2D eigenvalue weighted by Gasteiger charge is 2.20. The summed E-state index contributed by atoms with van der Waals surface area (Å²) in [5, 5.41) is 23.4. The van der Waals surface area contributed by atoms with Crippen molar-refractivity contribution in [2.24, 2.45) is 0 Å². The van der Waals surface area contributed by atoms with E-state index in [1.165, 1.54) is 372 Å². The molecule has 0 spiro atoms. The van der Waals surface area contributed by atoms with Gasteiger partial charge >= 0.3 is 5.97 Å². The molecule has 0 fully saturated rings. The van der Waals surface area contributed by atoms with Crippen LogP contribution in [0.1, 0.15) is 457 Å². The second-order valence-corrected chi connectivity index (χ2v) is 28.1. The normalized spacial score (nSPS) is 12.6. The van der Waals surface area contributed by atoms with E-state index in [4.69, 9.17) is 4.74 Å². The van der Waals surface area contributed by atoms with Gasteiger partial charge in [0.1, 0.15) is 0 Å². The minimum absolute atomic E-state index is 0.0158. The molecular weight excluding hydrogens is 1090 g/mol. The van der Waals surface area contributed by atoms with Crippen molar-refractivity contribution in [1.29, 1.82) is 0 Å². The summed E-state index contributed by atoms with van der Waals surface area (Å²) in [7, 11) is 0. The van der Waals surface area contributed by atoms with Crippen molar-refractivity contribution in [2.45, 2.75) is 469 Å². The topological polar surface area (TPSA) is 95.9 Å². The number of rotatable bonds is 77. The van der Waals surface area contributed by atoms with Gasteiger partial charge in [0.2, 0.25) is 5.91 Å². The van der Waals surface area contributed by atoms with E-state index in [1.807, 2.05) is 0 Å². The Kier molecular flexibility index (Phi) is 76.8. The maximum atomic E-state index is 12.6. The second kappa shape index (κ2) is 78.5. The van der Waals surface area contributed by atoms with Crippen LogP contribution in [0.3, 0.4) is 0 Å². The number of hydrogen-bond donors (Lipinski definition) is 3. The zero-order valence-corrected chi connectivity index (χ0v) is 60.4. The van der Waals surface area contributed by atoms with Crippen LogP contribution in [0.15, 0.2) is 36.5 Å². The van der Waals surface area contributed by atoms with Crippen molar-refractivity contribution in [3.63, 3.8) is 0 Å².